The molecule has 0 bridgehead atoms. The maximum Gasteiger partial charge on any atom is 0.173 e. The number of nitrogens with two attached hydrogens (primary N) is 1. The monoisotopic (exact) mass is 456 g/mol. The van der Waals surface area contributed by atoms with Gasteiger partial charge >= 0.3 is 0 Å². The second-order valence-electron chi connectivity index (χ2n) is 9.96. The summed E-state index contributed by atoms with van der Waals surface area (Å²) in [5, 5.41) is 7.03. The van der Waals surface area contributed by atoms with Crippen molar-refractivity contribution in [1.82, 2.24) is 19.9 Å². The van der Waals surface area contributed by atoms with Crippen LogP contribution in [0.1, 0.15) is 37.0 Å². The number of benzene rings is 1. The van der Waals surface area contributed by atoms with Crippen molar-refractivity contribution in [2.75, 3.05) is 33.7 Å². The zero-order valence-corrected chi connectivity index (χ0v) is 20.1. The van der Waals surface area contributed by atoms with E-state index in [2.05, 4.69) is 65.3 Å². The zero-order valence-electron chi connectivity index (χ0n) is 20.1. The third-order valence-corrected chi connectivity index (χ3v) is 7.67. The predicted molar refractivity (Wildman–Crippen MR) is 135 cm³/mol. The molecule has 3 aliphatic rings. The van der Waals surface area contributed by atoms with Gasteiger partial charge in [-0.15, -0.1) is 0 Å². The topological polar surface area (TPSA) is 74.1 Å². The lowest BCUT2D eigenvalue weighted by atomic mass is 9.84. The van der Waals surface area contributed by atoms with Crippen LogP contribution in [0.2, 0.25) is 0 Å². The first-order valence-corrected chi connectivity index (χ1v) is 12.2. The molecule has 176 valence electrons. The number of aliphatic imine (C=N–C) groups is 1. The van der Waals surface area contributed by atoms with Gasteiger partial charge in [-0.1, -0.05) is 18.2 Å². The summed E-state index contributed by atoms with van der Waals surface area (Å²) < 4.78 is 6.40. The fourth-order valence-corrected chi connectivity index (χ4v) is 5.91. The molecule has 2 unspecified atom stereocenters. The second kappa shape index (κ2) is 8.25. The first-order valence-electron chi connectivity index (χ1n) is 12.2. The molecule has 3 aliphatic heterocycles. The van der Waals surface area contributed by atoms with Gasteiger partial charge in [-0.3, -0.25) is 9.98 Å². The SMILES string of the molecule is CC1N=C(N)c2oc(-c3cccc4cnccc34)cc2C1C1=CN(C2CCN(C)CC2)N(C)C1. The van der Waals surface area contributed by atoms with Gasteiger partial charge in [0.15, 0.2) is 11.6 Å². The Morgan fingerprint density at radius 3 is 2.76 bits per heavy atom. The molecule has 1 aromatic carbocycles. The van der Waals surface area contributed by atoms with Gasteiger partial charge in [0.1, 0.15) is 5.76 Å². The number of pyridine rings is 1. The van der Waals surface area contributed by atoms with Gasteiger partial charge in [-0.05, 0) is 63.0 Å². The standard InChI is InChI=1S/C27H32N6O/c1-17-25(19-15-32(3)33(16-19)20-8-11-31(2)12-9-20)23-13-24(34-26(23)27(28)30-17)22-6-4-5-18-14-29-10-7-21(18)22/h4-7,10,13-14,16-17,20,25H,8-9,11-12,15H2,1-3H3,(H2,28,30). The van der Waals surface area contributed by atoms with Gasteiger partial charge in [0, 0.05) is 60.7 Å². The highest BCUT2D eigenvalue weighted by molar-refractivity contribution is 6.00. The predicted octanol–water partition coefficient (Wildman–Crippen LogP) is 3.83. The molecule has 0 radical (unpaired) electrons. The number of likely N-dealkylation sites (tertiary alicyclic amines) is 1. The number of furan rings is 1. The summed E-state index contributed by atoms with van der Waals surface area (Å²) in [6, 6.07) is 11.1. The van der Waals surface area contributed by atoms with Crippen molar-refractivity contribution in [2.24, 2.45) is 10.7 Å². The summed E-state index contributed by atoms with van der Waals surface area (Å²) in [5.41, 5.74) is 9.96. The summed E-state index contributed by atoms with van der Waals surface area (Å²) >= 11 is 0. The lowest BCUT2D eigenvalue weighted by Gasteiger charge is -2.38. The normalized spacial score (nSPS) is 24.4. The summed E-state index contributed by atoms with van der Waals surface area (Å²) in [6.07, 6.45) is 8.46. The van der Waals surface area contributed by atoms with E-state index in [1.54, 1.807) is 0 Å². The molecule has 0 amide bonds. The Labute approximate surface area is 200 Å². The zero-order chi connectivity index (χ0) is 23.4. The van der Waals surface area contributed by atoms with E-state index < -0.39 is 0 Å². The van der Waals surface area contributed by atoms with E-state index in [4.69, 9.17) is 15.1 Å². The van der Waals surface area contributed by atoms with E-state index in [1.165, 1.54) is 18.4 Å². The average Bonchev–Trinajstić information content (AvgIpc) is 3.44. The van der Waals surface area contributed by atoms with Crippen LogP contribution in [0.25, 0.3) is 22.1 Å². The molecule has 3 aromatic rings. The second-order valence-corrected chi connectivity index (χ2v) is 9.96. The molecule has 1 fully saturated rings. The van der Waals surface area contributed by atoms with Crippen molar-refractivity contribution in [1.29, 1.82) is 0 Å². The molecule has 34 heavy (non-hydrogen) atoms. The number of piperidine rings is 1. The number of fused-ring (bicyclic) bond motifs is 2. The van der Waals surface area contributed by atoms with Crippen molar-refractivity contribution in [3.05, 3.63) is 65.8 Å². The number of hydrogen-bond acceptors (Lipinski definition) is 7. The minimum Gasteiger partial charge on any atom is -0.453 e. The van der Waals surface area contributed by atoms with E-state index in [1.807, 2.05) is 24.5 Å². The van der Waals surface area contributed by atoms with Gasteiger partial charge < -0.3 is 20.1 Å². The Bertz CT molecular complexity index is 1280. The third kappa shape index (κ3) is 3.51. The number of hydrogen-bond donors (Lipinski definition) is 1. The molecule has 5 heterocycles. The van der Waals surface area contributed by atoms with Gasteiger partial charge in [-0.25, -0.2) is 5.01 Å². The van der Waals surface area contributed by atoms with Crippen LogP contribution in [-0.4, -0.2) is 71.6 Å². The van der Waals surface area contributed by atoms with Gasteiger partial charge in [-0.2, -0.15) is 0 Å². The lowest BCUT2D eigenvalue weighted by Crippen LogP contribution is -2.46. The van der Waals surface area contributed by atoms with Gasteiger partial charge in [0.05, 0.1) is 6.04 Å². The Morgan fingerprint density at radius 2 is 1.94 bits per heavy atom. The summed E-state index contributed by atoms with van der Waals surface area (Å²) in [4.78, 5) is 11.5. The van der Waals surface area contributed by atoms with Crippen molar-refractivity contribution in [3.63, 3.8) is 0 Å². The summed E-state index contributed by atoms with van der Waals surface area (Å²) in [5.74, 6) is 2.19. The number of hydrazine groups is 1. The maximum absolute atomic E-state index is 6.40. The van der Waals surface area contributed by atoms with Crippen LogP contribution in [0, 0.1) is 0 Å². The highest BCUT2D eigenvalue weighted by atomic mass is 16.3. The molecular formula is C27H32N6O. The molecule has 1 saturated heterocycles. The van der Waals surface area contributed by atoms with Gasteiger partial charge in [0.25, 0.3) is 0 Å². The average molecular weight is 457 g/mol. The highest BCUT2D eigenvalue weighted by Gasteiger charge is 2.38. The molecule has 0 spiro atoms. The minimum atomic E-state index is 0.0618. The molecule has 0 aliphatic carbocycles. The van der Waals surface area contributed by atoms with Crippen LogP contribution >= 0.6 is 0 Å². The Morgan fingerprint density at radius 1 is 1.12 bits per heavy atom. The van der Waals surface area contributed by atoms with Crippen LogP contribution in [0.15, 0.2) is 63.9 Å². The first-order chi connectivity index (χ1) is 16.5. The molecule has 6 rings (SSSR count). The molecule has 7 heteroatoms. The van der Waals surface area contributed by atoms with Crippen LogP contribution in [0.3, 0.4) is 0 Å². The summed E-state index contributed by atoms with van der Waals surface area (Å²) in [7, 11) is 4.40. The molecule has 2 N–H and O–H groups in total. The van der Waals surface area contributed by atoms with Crippen molar-refractivity contribution >= 4 is 16.6 Å². The Hall–Kier alpha value is -3.16. The highest BCUT2D eigenvalue weighted by Crippen LogP contribution is 2.42. The Kier molecular flexibility index (Phi) is 5.19. The number of rotatable bonds is 3. The minimum absolute atomic E-state index is 0.0618. The van der Waals surface area contributed by atoms with Crippen LogP contribution in [0.4, 0.5) is 0 Å². The molecule has 2 aromatic heterocycles. The van der Waals surface area contributed by atoms with E-state index in [9.17, 15) is 0 Å². The van der Waals surface area contributed by atoms with Crippen molar-refractivity contribution < 1.29 is 4.42 Å². The third-order valence-electron chi connectivity index (χ3n) is 7.67. The van der Waals surface area contributed by atoms with E-state index >= 15 is 0 Å². The number of amidine groups is 1. The Balaban J connectivity index is 1.38. The van der Waals surface area contributed by atoms with E-state index in [0.29, 0.717) is 17.6 Å². The molecule has 2 atom stereocenters. The van der Waals surface area contributed by atoms with Crippen molar-refractivity contribution in [2.45, 2.75) is 37.8 Å². The first kappa shape index (κ1) is 21.4. The number of likely N-dealkylation sites (N-methyl/N-ethyl adjacent to an activating group) is 1. The smallest absolute Gasteiger partial charge is 0.173 e. The fourth-order valence-electron chi connectivity index (χ4n) is 5.91. The maximum atomic E-state index is 6.40. The fraction of sp³-hybridized carbons (Fsp3) is 0.407. The molecule has 7 nitrogen and oxygen atoms in total. The largest absolute Gasteiger partial charge is 0.453 e. The quantitative estimate of drug-likeness (QED) is 0.646. The van der Waals surface area contributed by atoms with E-state index in [-0.39, 0.29) is 12.0 Å². The summed E-state index contributed by atoms with van der Waals surface area (Å²) in [6.45, 7) is 5.36. The molecular weight excluding hydrogens is 424 g/mol. The van der Waals surface area contributed by atoms with E-state index in [0.717, 1.165) is 47.3 Å². The molecule has 0 saturated carbocycles. The number of aromatic nitrogens is 1. The van der Waals surface area contributed by atoms with Gasteiger partial charge in [0.2, 0.25) is 0 Å². The van der Waals surface area contributed by atoms with Crippen molar-refractivity contribution in [3.8, 4) is 11.3 Å². The number of nitrogens with zero attached hydrogens (tertiary/aromatic N) is 5. The van der Waals surface area contributed by atoms with Crippen LogP contribution in [-0.2, 0) is 0 Å². The van der Waals surface area contributed by atoms with Crippen LogP contribution in [0.5, 0.6) is 0 Å². The lowest BCUT2D eigenvalue weighted by molar-refractivity contribution is 0.0104. The van der Waals surface area contributed by atoms with Crippen LogP contribution < -0.4 is 5.73 Å².